The number of carbonyl (C=O) groups is 2. The van der Waals surface area contributed by atoms with Gasteiger partial charge in [0.05, 0.1) is 6.54 Å². The lowest BCUT2D eigenvalue weighted by atomic mass is 10.2. The molecule has 116 valence electrons. The summed E-state index contributed by atoms with van der Waals surface area (Å²) in [5, 5.41) is 7.22. The lowest BCUT2D eigenvalue weighted by molar-refractivity contribution is -0.167. The molecule has 0 unspecified atom stereocenters. The maximum atomic E-state index is 12.1. The molecule has 21 heavy (non-hydrogen) atoms. The van der Waals surface area contributed by atoms with Gasteiger partial charge in [-0.15, -0.1) is 0 Å². The van der Waals surface area contributed by atoms with Crippen LogP contribution in [0.4, 0.5) is 18.9 Å². The number of carbonyl (C=O) groups excluding carboxylic acids is 2. The summed E-state index contributed by atoms with van der Waals surface area (Å²) in [5.74, 6) is -2.19. The van der Waals surface area contributed by atoms with E-state index >= 15 is 0 Å². The van der Waals surface area contributed by atoms with Crippen LogP contribution in [-0.4, -0.2) is 31.1 Å². The van der Waals surface area contributed by atoms with Crippen molar-refractivity contribution in [2.45, 2.75) is 19.6 Å². The molecular formula is C13H16F3N3O2. The van der Waals surface area contributed by atoms with Crippen LogP contribution in [0.3, 0.4) is 0 Å². The van der Waals surface area contributed by atoms with Crippen molar-refractivity contribution in [3.8, 4) is 0 Å². The molecule has 1 rings (SSSR count). The molecule has 0 bridgehead atoms. The molecule has 0 aliphatic heterocycles. The molecule has 0 aliphatic rings. The smallest absolute Gasteiger partial charge is 0.355 e. The fourth-order valence-corrected chi connectivity index (χ4v) is 1.54. The Labute approximate surface area is 119 Å². The van der Waals surface area contributed by atoms with E-state index in [4.69, 9.17) is 0 Å². The summed E-state index contributed by atoms with van der Waals surface area (Å²) < 4.78 is 36.4. The van der Waals surface area contributed by atoms with Crippen LogP contribution in [0.1, 0.15) is 12.5 Å². The van der Waals surface area contributed by atoms with Gasteiger partial charge in [0.1, 0.15) is 0 Å². The van der Waals surface area contributed by atoms with E-state index in [-0.39, 0.29) is 18.1 Å². The summed E-state index contributed by atoms with van der Waals surface area (Å²) in [5.41, 5.74) is 0.703. The standard InChI is InChI=1S/C13H16F3N3O2/c1-2-18-11(20)8-17-7-9-4-3-5-10(6-9)19-12(21)13(14,15)16/h3-6,17H,2,7-8H2,1H3,(H,18,20)(H,19,21). The molecule has 0 fully saturated rings. The molecule has 1 aromatic rings. The highest BCUT2D eigenvalue weighted by atomic mass is 19.4. The van der Waals surface area contributed by atoms with Gasteiger partial charge in [-0.2, -0.15) is 13.2 Å². The van der Waals surface area contributed by atoms with Gasteiger partial charge in [0, 0.05) is 18.8 Å². The van der Waals surface area contributed by atoms with E-state index in [1.54, 1.807) is 18.3 Å². The van der Waals surface area contributed by atoms with Gasteiger partial charge in [-0.25, -0.2) is 0 Å². The maximum Gasteiger partial charge on any atom is 0.471 e. The van der Waals surface area contributed by atoms with E-state index < -0.39 is 12.1 Å². The molecule has 1 aromatic carbocycles. The van der Waals surface area contributed by atoms with Crippen LogP contribution >= 0.6 is 0 Å². The zero-order valence-corrected chi connectivity index (χ0v) is 11.4. The van der Waals surface area contributed by atoms with Crippen molar-refractivity contribution in [1.82, 2.24) is 10.6 Å². The van der Waals surface area contributed by atoms with Crippen molar-refractivity contribution < 1.29 is 22.8 Å². The summed E-state index contributed by atoms with van der Waals surface area (Å²) >= 11 is 0. The lowest BCUT2D eigenvalue weighted by Crippen LogP contribution is -2.33. The normalized spacial score (nSPS) is 11.0. The Morgan fingerprint density at radius 2 is 1.95 bits per heavy atom. The zero-order valence-electron chi connectivity index (χ0n) is 11.4. The lowest BCUT2D eigenvalue weighted by Gasteiger charge is -2.10. The first kappa shape index (κ1) is 17.0. The minimum atomic E-state index is -4.92. The molecule has 0 aliphatic carbocycles. The highest BCUT2D eigenvalue weighted by Crippen LogP contribution is 2.18. The summed E-state index contributed by atoms with van der Waals surface area (Å²) in [6.07, 6.45) is -4.92. The number of halogens is 3. The molecule has 2 amide bonds. The Hall–Kier alpha value is -2.09. The summed E-state index contributed by atoms with van der Waals surface area (Å²) in [7, 11) is 0. The summed E-state index contributed by atoms with van der Waals surface area (Å²) in [6.45, 7) is 2.73. The van der Waals surface area contributed by atoms with E-state index in [1.165, 1.54) is 18.2 Å². The quantitative estimate of drug-likeness (QED) is 0.744. The van der Waals surface area contributed by atoms with E-state index in [0.29, 0.717) is 18.7 Å². The monoisotopic (exact) mass is 303 g/mol. The van der Waals surface area contributed by atoms with Crippen LogP contribution in [0.15, 0.2) is 24.3 Å². The number of hydrogen-bond acceptors (Lipinski definition) is 3. The second-order valence-electron chi connectivity index (χ2n) is 4.21. The van der Waals surface area contributed by atoms with Gasteiger partial charge in [0.25, 0.3) is 0 Å². The van der Waals surface area contributed by atoms with E-state index in [9.17, 15) is 22.8 Å². The van der Waals surface area contributed by atoms with Gasteiger partial charge in [0.2, 0.25) is 5.91 Å². The van der Waals surface area contributed by atoms with Crippen LogP contribution in [0.25, 0.3) is 0 Å². The number of hydrogen-bond donors (Lipinski definition) is 3. The Balaban J connectivity index is 2.53. The van der Waals surface area contributed by atoms with Crippen LogP contribution in [0.2, 0.25) is 0 Å². The van der Waals surface area contributed by atoms with Crippen LogP contribution in [-0.2, 0) is 16.1 Å². The van der Waals surface area contributed by atoms with Gasteiger partial charge < -0.3 is 16.0 Å². The summed E-state index contributed by atoms with van der Waals surface area (Å²) in [4.78, 5) is 22.0. The molecule has 0 aromatic heterocycles. The average Bonchev–Trinajstić information content (AvgIpc) is 2.38. The minimum Gasteiger partial charge on any atom is -0.355 e. The van der Waals surface area contributed by atoms with Gasteiger partial charge >= 0.3 is 12.1 Å². The molecule has 0 saturated heterocycles. The van der Waals surface area contributed by atoms with Crippen LogP contribution in [0, 0.1) is 0 Å². The summed E-state index contributed by atoms with van der Waals surface area (Å²) in [6, 6.07) is 5.97. The van der Waals surface area contributed by atoms with Crippen molar-refractivity contribution in [3.63, 3.8) is 0 Å². The van der Waals surface area contributed by atoms with Crippen molar-refractivity contribution >= 4 is 17.5 Å². The molecule has 0 heterocycles. The largest absolute Gasteiger partial charge is 0.471 e. The van der Waals surface area contributed by atoms with Gasteiger partial charge in [-0.05, 0) is 24.6 Å². The van der Waals surface area contributed by atoms with Crippen LogP contribution in [0.5, 0.6) is 0 Å². The van der Waals surface area contributed by atoms with Gasteiger partial charge in [0.15, 0.2) is 0 Å². The first-order valence-electron chi connectivity index (χ1n) is 6.27. The second-order valence-corrected chi connectivity index (χ2v) is 4.21. The highest BCUT2D eigenvalue weighted by Gasteiger charge is 2.38. The average molecular weight is 303 g/mol. The third-order valence-electron chi connectivity index (χ3n) is 2.43. The predicted molar refractivity (Wildman–Crippen MR) is 71.5 cm³/mol. The fourth-order valence-electron chi connectivity index (χ4n) is 1.54. The molecule has 0 radical (unpaired) electrons. The number of nitrogens with one attached hydrogen (secondary N) is 3. The van der Waals surface area contributed by atoms with Crippen molar-refractivity contribution in [2.24, 2.45) is 0 Å². The Bertz CT molecular complexity index is 504. The van der Waals surface area contributed by atoms with Crippen molar-refractivity contribution in [2.75, 3.05) is 18.4 Å². The first-order valence-corrected chi connectivity index (χ1v) is 6.27. The number of anilines is 1. The van der Waals surface area contributed by atoms with Gasteiger partial charge in [-0.3, -0.25) is 9.59 Å². The molecular weight excluding hydrogens is 287 g/mol. The minimum absolute atomic E-state index is 0.0506. The molecule has 5 nitrogen and oxygen atoms in total. The number of amides is 2. The van der Waals surface area contributed by atoms with Crippen molar-refractivity contribution in [1.29, 1.82) is 0 Å². The van der Waals surface area contributed by atoms with Crippen LogP contribution < -0.4 is 16.0 Å². The highest BCUT2D eigenvalue weighted by molar-refractivity contribution is 5.94. The molecule has 0 spiro atoms. The zero-order chi connectivity index (χ0) is 15.9. The Morgan fingerprint density at radius 1 is 1.24 bits per heavy atom. The number of alkyl halides is 3. The van der Waals surface area contributed by atoms with E-state index in [0.717, 1.165) is 0 Å². The van der Waals surface area contributed by atoms with Crippen molar-refractivity contribution in [3.05, 3.63) is 29.8 Å². The van der Waals surface area contributed by atoms with Gasteiger partial charge in [-0.1, -0.05) is 12.1 Å². The maximum absolute atomic E-state index is 12.1. The second kappa shape index (κ2) is 7.63. The number of benzene rings is 1. The molecule has 8 heteroatoms. The molecule has 0 saturated carbocycles. The molecule has 3 N–H and O–H groups in total. The fraction of sp³-hybridized carbons (Fsp3) is 0.385. The molecule has 0 atom stereocenters. The first-order chi connectivity index (χ1) is 9.82. The predicted octanol–water partition coefficient (Wildman–Crippen LogP) is 1.41. The van der Waals surface area contributed by atoms with E-state index in [1.807, 2.05) is 0 Å². The third-order valence-corrected chi connectivity index (χ3v) is 2.43. The Morgan fingerprint density at radius 3 is 2.57 bits per heavy atom. The SMILES string of the molecule is CCNC(=O)CNCc1cccc(NC(=O)C(F)(F)F)c1. The Kier molecular flexibility index (Phi) is 6.16. The number of rotatable bonds is 6. The van der Waals surface area contributed by atoms with E-state index in [2.05, 4.69) is 10.6 Å². The third kappa shape index (κ3) is 6.26. The topological polar surface area (TPSA) is 70.2 Å². The number of likely N-dealkylation sites (N-methyl/N-ethyl adjacent to an activating group) is 1.